The van der Waals surface area contributed by atoms with Gasteiger partial charge in [0.25, 0.3) is 0 Å². The molecule has 1 aliphatic rings. The van der Waals surface area contributed by atoms with E-state index < -0.39 is 12.2 Å². The van der Waals surface area contributed by atoms with Crippen molar-refractivity contribution < 1.29 is 56.9 Å². The summed E-state index contributed by atoms with van der Waals surface area (Å²) in [4.78, 5) is 13.8. The summed E-state index contributed by atoms with van der Waals surface area (Å²) in [6.45, 7) is 1.61. The minimum atomic E-state index is -0.795. The third kappa shape index (κ3) is 7.25. The van der Waals surface area contributed by atoms with E-state index in [1.54, 1.807) is 31.2 Å². The summed E-state index contributed by atoms with van der Waals surface area (Å²) in [5, 5.41) is 0. The predicted octanol–water partition coefficient (Wildman–Crippen LogP) is 3.23. The van der Waals surface area contributed by atoms with Crippen LogP contribution in [0.4, 0.5) is 0 Å². The van der Waals surface area contributed by atoms with Crippen LogP contribution in [0.25, 0.3) is 0 Å². The van der Waals surface area contributed by atoms with E-state index in [1.165, 1.54) is 35.5 Å². The quantitative estimate of drug-likeness (QED) is 0.157. The van der Waals surface area contributed by atoms with Gasteiger partial charge in [0, 0.05) is 47.2 Å². The maximum atomic E-state index is 13.8. The summed E-state index contributed by atoms with van der Waals surface area (Å²) in [5.41, 5.74) is 1.47. The van der Waals surface area contributed by atoms with Crippen LogP contribution in [0, 0.1) is 6.92 Å². The van der Waals surface area contributed by atoms with Crippen molar-refractivity contribution >= 4 is 5.78 Å². The molecule has 1 heterocycles. The molecule has 38 heavy (non-hydrogen) atoms. The number of carbonyl (C=O) groups is 1. The minimum absolute atomic E-state index is 0.00700. The second-order valence-corrected chi connectivity index (χ2v) is 8.00. The van der Waals surface area contributed by atoms with Gasteiger partial charge < -0.3 is 52.1 Å². The third-order valence-corrected chi connectivity index (χ3v) is 5.39. The van der Waals surface area contributed by atoms with E-state index in [0.29, 0.717) is 22.8 Å². The highest BCUT2D eigenvalue weighted by atomic mass is 16.7. The molecule has 12 heteroatoms. The van der Waals surface area contributed by atoms with Gasteiger partial charge in [-0.2, -0.15) is 0 Å². The fourth-order valence-corrected chi connectivity index (χ4v) is 3.64. The van der Waals surface area contributed by atoms with Crippen molar-refractivity contribution in [3.05, 3.63) is 41.0 Å². The standard InChI is InChI=1S/C26H34O12/c1-16-19(34-12-29-3)10-21(36-14-31-5)22(24(16)37-15-32-6)23(27)26-25(38-26)17-7-8-18(33-11-28-2)20(9-17)35-13-30-4/h7-10,25-26H,11-15H2,1-6H3. The number of carbonyl (C=O) groups excluding carboxylic acids is 1. The van der Waals surface area contributed by atoms with E-state index in [4.69, 9.17) is 52.1 Å². The van der Waals surface area contributed by atoms with Gasteiger partial charge in [0.05, 0.1) is 0 Å². The first-order chi connectivity index (χ1) is 18.5. The number of benzene rings is 2. The Kier molecular flexibility index (Phi) is 11.4. The normalized spacial score (nSPS) is 16.2. The number of ketones is 1. The Morgan fingerprint density at radius 1 is 0.684 bits per heavy atom. The molecule has 0 saturated carbocycles. The molecule has 2 unspecified atom stereocenters. The Balaban J connectivity index is 1.94. The highest BCUT2D eigenvalue weighted by Crippen LogP contribution is 2.47. The maximum absolute atomic E-state index is 13.8. The average molecular weight is 539 g/mol. The van der Waals surface area contributed by atoms with Crippen LogP contribution in [0.5, 0.6) is 28.7 Å². The molecule has 3 rings (SSSR count). The van der Waals surface area contributed by atoms with Crippen LogP contribution in [0.3, 0.4) is 0 Å². The summed E-state index contributed by atoms with van der Waals surface area (Å²) in [6, 6.07) is 6.84. The minimum Gasteiger partial charge on any atom is -0.467 e. The molecule has 1 aliphatic heterocycles. The summed E-state index contributed by atoms with van der Waals surface area (Å²) in [7, 11) is 7.49. The second-order valence-electron chi connectivity index (χ2n) is 8.00. The number of methoxy groups -OCH3 is 5. The van der Waals surface area contributed by atoms with Gasteiger partial charge in [-0.15, -0.1) is 0 Å². The Morgan fingerprint density at radius 2 is 1.21 bits per heavy atom. The second kappa shape index (κ2) is 14.7. The number of hydrogen-bond donors (Lipinski definition) is 0. The lowest BCUT2D eigenvalue weighted by Gasteiger charge is -2.20. The number of rotatable bonds is 18. The zero-order valence-electron chi connectivity index (χ0n) is 22.4. The van der Waals surface area contributed by atoms with E-state index in [0.717, 1.165) is 5.56 Å². The van der Waals surface area contributed by atoms with Gasteiger partial charge in [-0.1, -0.05) is 6.07 Å². The van der Waals surface area contributed by atoms with Crippen molar-refractivity contribution in [1.82, 2.24) is 0 Å². The van der Waals surface area contributed by atoms with Gasteiger partial charge in [0.15, 0.2) is 51.6 Å². The SMILES string of the molecule is COCOc1ccc(C2OC2C(=O)c2c(OCOC)cc(OCOC)c(C)c2OCOC)cc1OCOC. The predicted molar refractivity (Wildman–Crippen MR) is 132 cm³/mol. The van der Waals surface area contributed by atoms with Gasteiger partial charge in [-0.05, 0) is 24.6 Å². The van der Waals surface area contributed by atoms with Crippen molar-refractivity contribution in [2.75, 3.05) is 69.5 Å². The summed E-state index contributed by atoms with van der Waals surface area (Å²) < 4.78 is 59.4. The number of ether oxygens (including phenoxy) is 11. The molecule has 1 saturated heterocycles. The number of hydrogen-bond acceptors (Lipinski definition) is 12. The number of epoxide rings is 1. The molecular weight excluding hydrogens is 504 g/mol. The van der Waals surface area contributed by atoms with E-state index in [2.05, 4.69) is 0 Å². The van der Waals surface area contributed by atoms with Crippen LogP contribution in [-0.4, -0.2) is 81.4 Å². The van der Waals surface area contributed by atoms with Gasteiger partial charge in [-0.25, -0.2) is 0 Å². The first kappa shape index (κ1) is 29.4. The van der Waals surface area contributed by atoms with Crippen LogP contribution in [0.15, 0.2) is 24.3 Å². The molecule has 0 aromatic heterocycles. The Hall–Kier alpha value is -3.13. The molecule has 0 spiro atoms. The van der Waals surface area contributed by atoms with Crippen molar-refractivity contribution in [3.8, 4) is 28.7 Å². The molecule has 210 valence electrons. The summed E-state index contributed by atoms with van der Waals surface area (Å²) >= 11 is 0. The first-order valence-corrected chi connectivity index (χ1v) is 11.6. The molecular formula is C26H34O12. The average Bonchev–Trinajstić information content (AvgIpc) is 3.73. The topological polar surface area (TPSA) is 122 Å². The molecule has 1 fully saturated rings. The van der Waals surface area contributed by atoms with Crippen LogP contribution in [-0.2, 0) is 28.4 Å². The Bertz CT molecular complexity index is 1060. The largest absolute Gasteiger partial charge is 0.467 e. The van der Waals surface area contributed by atoms with Crippen molar-refractivity contribution in [2.45, 2.75) is 19.1 Å². The molecule has 0 bridgehead atoms. The van der Waals surface area contributed by atoms with Crippen LogP contribution in [0.2, 0.25) is 0 Å². The zero-order valence-corrected chi connectivity index (χ0v) is 22.4. The zero-order chi connectivity index (χ0) is 27.5. The maximum Gasteiger partial charge on any atom is 0.202 e. The molecule has 0 aliphatic carbocycles. The molecule has 12 nitrogen and oxygen atoms in total. The lowest BCUT2D eigenvalue weighted by atomic mass is 9.98. The van der Waals surface area contributed by atoms with Gasteiger partial charge >= 0.3 is 0 Å². The molecule has 0 N–H and O–H groups in total. The molecule has 2 aromatic rings. The fraction of sp³-hybridized carbons (Fsp3) is 0.500. The first-order valence-electron chi connectivity index (χ1n) is 11.6. The molecule has 0 radical (unpaired) electrons. The smallest absolute Gasteiger partial charge is 0.202 e. The monoisotopic (exact) mass is 538 g/mol. The molecule has 2 aromatic carbocycles. The molecule has 0 amide bonds. The van der Waals surface area contributed by atoms with Crippen molar-refractivity contribution in [1.29, 1.82) is 0 Å². The lowest BCUT2D eigenvalue weighted by Crippen LogP contribution is -2.16. The Labute approximate surface area is 221 Å². The Morgan fingerprint density at radius 3 is 1.82 bits per heavy atom. The highest BCUT2D eigenvalue weighted by molar-refractivity contribution is 6.06. The highest BCUT2D eigenvalue weighted by Gasteiger charge is 2.48. The van der Waals surface area contributed by atoms with Crippen molar-refractivity contribution in [2.24, 2.45) is 0 Å². The van der Waals surface area contributed by atoms with Crippen molar-refractivity contribution in [3.63, 3.8) is 0 Å². The third-order valence-electron chi connectivity index (χ3n) is 5.39. The van der Waals surface area contributed by atoms with Gasteiger partial charge in [-0.3, -0.25) is 4.79 Å². The summed E-state index contributed by atoms with van der Waals surface area (Å²) in [5.74, 6) is 1.42. The van der Waals surface area contributed by atoms with Crippen LogP contribution < -0.4 is 23.7 Å². The van der Waals surface area contributed by atoms with Gasteiger partial charge in [0.1, 0.15) is 28.9 Å². The van der Waals surface area contributed by atoms with E-state index in [1.807, 2.05) is 0 Å². The van der Waals surface area contributed by atoms with E-state index >= 15 is 0 Å². The van der Waals surface area contributed by atoms with Gasteiger partial charge in [0.2, 0.25) is 5.78 Å². The summed E-state index contributed by atoms with van der Waals surface area (Å²) in [6.07, 6.45) is -1.32. The van der Waals surface area contributed by atoms with E-state index in [9.17, 15) is 4.79 Å². The fourth-order valence-electron chi connectivity index (χ4n) is 3.64. The number of Topliss-reactive ketones (excluding diaryl/α,β-unsaturated/α-hetero) is 1. The van der Waals surface area contributed by atoms with Crippen LogP contribution >= 0.6 is 0 Å². The van der Waals surface area contributed by atoms with Crippen LogP contribution in [0.1, 0.15) is 27.6 Å². The van der Waals surface area contributed by atoms with E-state index in [-0.39, 0.29) is 56.8 Å². The lowest BCUT2D eigenvalue weighted by molar-refractivity contribution is 0.0322. The molecule has 2 atom stereocenters.